The van der Waals surface area contributed by atoms with Gasteiger partial charge in [-0.3, -0.25) is 0 Å². The topological polar surface area (TPSA) is 32.3 Å². The van der Waals surface area contributed by atoms with Crippen LogP contribution >= 0.6 is 0 Å². The zero-order valence-corrected chi connectivity index (χ0v) is 13.4. The fourth-order valence-electron chi connectivity index (χ4n) is 2.60. The van der Waals surface area contributed by atoms with Gasteiger partial charge in [0.05, 0.1) is 0 Å². The molecule has 0 radical (unpaired) electrons. The summed E-state index contributed by atoms with van der Waals surface area (Å²) >= 11 is 0. The van der Waals surface area contributed by atoms with Crippen molar-refractivity contribution in [1.82, 2.24) is 0 Å². The second kappa shape index (κ2) is 8.61. The molecule has 2 aromatic rings. The summed E-state index contributed by atoms with van der Waals surface area (Å²) in [6.07, 6.45) is 0. The molecule has 0 aromatic heterocycles. The van der Waals surface area contributed by atoms with Crippen LogP contribution in [0.4, 0.5) is 5.69 Å². The normalized spacial score (nSPS) is 10.6. The molecule has 0 saturated carbocycles. The molecule has 0 aliphatic carbocycles. The Balaban J connectivity index is 0.00000242. The molecule has 0 spiro atoms. The van der Waals surface area contributed by atoms with E-state index >= 15 is 0 Å². The molecule has 2 nitrogen and oxygen atoms in total. The maximum absolute atomic E-state index is 9.91. The minimum absolute atomic E-state index is 0. The van der Waals surface area contributed by atoms with Crippen LogP contribution in [-0.2, 0) is 6.54 Å². The van der Waals surface area contributed by atoms with Crippen LogP contribution in [0.1, 0.15) is 56.2 Å². The summed E-state index contributed by atoms with van der Waals surface area (Å²) < 4.78 is 0. The molecule has 2 rings (SSSR count). The van der Waals surface area contributed by atoms with E-state index in [0.29, 0.717) is 24.1 Å². The monoisotopic (exact) mass is 307 g/mol. The van der Waals surface area contributed by atoms with Crippen molar-refractivity contribution in [2.45, 2.75) is 46.1 Å². The molecule has 22 heavy (non-hydrogen) atoms. The molecule has 0 amide bonds. The second-order valence-electron chi connectivity index (χ2n) is 6.10. The van der Waals surface area contributed by atoms with Crippen molar-refractivity contribution in [2.24, 2.45) is 0 Å². The van der Waals surface area contributed by atoms with Crippen LogP contribution in [0.25, 0.3) is 0 Å². The molecule has 3 heteroatoms. The first-order chi connectivity index (χ1) is 10.0. The van der Waals surface area contributed by atoms with E-state index in [9.17, 15) is 5.11 Å². The van der Waals surface area contributed by atoms with Gasteiger partial charge >= 0.3 is 29.6 Å². The van der Waals surface area contributed by atoms with E-state index in [1.165, 1.54) is 16.8 Å². The van der Waals surface area contributed by atoms with Gasteiger partial charge in [-0.2, -0.15) is 0 Å². The fraction of sp³-hybridized carbons (Fsp3) is 0.368. The quantitative estimate of drug-likeness (QED) is 0.791. The van der Waals surface area contributed by atoms with Gasteiger partial charge in [-0.15, -0.1) is 0 Å². The fourth-order valence-corrected chi connectivity index (χ4v) is 2.60. The average Bonchev–Trinajstić information content (AvgIpc) is 2.45. The predicted octanol–water partition coefficient (Wildman–Crippen LogP) is 4.60. The van der Waals surface area contributed by atoms with Crippen molar-refractivity contribution in [2.75, 3.05) is 5.32 Å². The van der Waals surface area contributed by atoms with Gasteiger partial charge in [0, 0.05) is 17.8 Å². The van der Waals surface area contributed by atoms with Crippen LogP contribution in [0.2, 0.25) is 0 Å². The van der Waals surface area contributed by atoms with Gasteiger partial charge in [-0.1, -0.05) is 64.1 Å². The Labute approximate surface area is 156 Å². The molecule has 0 aliphatic heterocycles. The first-order valence-electron chi connectivity index (χ1n) is 7.64. The first kappa shape index (κ1) is 19.1. The van der Waals surface area contributed by atoms with E-state index in [1.807, 2.05) is 18.2 Å². The van der Waals surface area contributed by atoms with Crippen LogP contribution < -0.4 is 5.32 Å². The van der Waals surface area contributed by atoms with E-state index in [0.717, 1.165) is 5.56 Å². The molecule has 0 aliphatic rings. The summed E-state index contributed by atoms with van der Waals surface area (Å²) in [6.45, 7) is 9.49. The molecule has 0 heterocycles. The Morgan fingerprint density at radius 3 is 1.91 bits per heavy atom. The van der Waals surface area contributed by atoms with E-state index < -0.39 is 0 Å². The second-order valence-corrected chi connectivity index (χ2v) is 6.10. The number of hydrogen-bond donors (Lipinski definition) is 2. The molecule has 0 saturated heterocycles. The number of hydrogen-bond acceptors (Lipinski definition) is 2. The Hall–Kier alpha value is -0.960. The molecule has 0 unspecified atom stereocenters. The molecular formula is C19H26NNaO. The van der Waals surface area contributed by atoms with Gasteiger partial charge in [0.2, 0.25) is 0 Å². The number of phenols is 1. The summed E-state index contributed by atoms with van der Waals surface area (Å²) in [5, 5.41) is 13.4. The standard InChI is InChI=1S/C19H25NO.Na.H/c1-13(2)16-9-7-10-17(14(3)4)19(16)20-12-15-8-5-6-11-18(15)21;;/h5-11,13-14,20-21H,12H2,1-4H3;;. The summed E-state index contributed by atoms with van der Waals surface area (Å²) in [5.74, 6) is 1.28. The number of phenolic OH excluding ortho intramolecular Hbond substituents is 1. The minimum atomic E-state index is 0. The Bertz CT molecular complexity index is 582. The summed E-state index contributed by atoms with van der Waals surface area (Å²) in [5.41, 5.74) is 4.80. The SMILES string of the molecule is CC(C)c1cccc(C(C)C)c1NCc1ccccc1O.[NaH]. The molecule has 2 aromatic carbocycles. The number of aromatic hydroxyl groups is 1. The Kier molecular flexibility index (Phi) is 7.47. The third-order valence-corrected chi connectivity index (χ3v) is 3.82. The third kappa shape index (κ3) is 4.52. The van der Waals surface area contributed by atoms with Crippen molar-refractivity contribution in [3.63, 3.8) is 0 Å². The number of nitrogens with one attached hydrogen (secondary N) is 1. The number of anilines is 1. The van der Waals surface area contributed by atoms with Gasteiger partial charge < -0.3 is 10.4 Å². The Morgan fingerprint density at radius 1 is 0.864 bits per heavy atom. The molecular weight excluding hydrogens is 281 g/mol. The van der Waals surface area contributed by atoms with E-state index in [1.54, 1.807) is 6.07 Å². The number of rotatable bonds is 5. The van der Waals surface area contributed by atoms with E-state index in [4.69, 9.17) is 0 Å². The van der Waals surface area contributed by atoms with Crippen molar-refractivity contribution in [3.05, 3.63) is 59.2 Å². The number of benzene rings is 2. The zero-order chi connectivity index (χ0) is 15.4. The van der Waals surface area contributed by atoms with Crippen molar-refractivity contribution in [3.8, 4) is 5.75 Å². The van der Waals surface area contributed by atoms with E-state index in [-0.39, 0.29) is 29.6 Å². The zero-order valence-electron chi connectivity index (χ0n) is 13.4. The summed E-state index contributed by atoms with van der Waals surface area (Å²) in [7, 11) is 0. The van der Waals surface area contributed by atoms with Crippen LogP contribution in [0.5, 0.6) is 5.75 Å². The van der Waals surface area contributed by atoms with Crippen molar-refractivity contribution < 1.29 is 5.11 Å². The molecule has 2 N–H and O–H groups in total. The first-order valence-corrected chi connectivity index (χ1v) is 7.64. The van der Waals surface area contributed by atoms with Crippen LogP contribution in [0, 0.1) is 0 Å². The van der Waals surface area contributed by atoms with Gasteiger partial charge in [-0.05, 0) is 29.0 Å². The third-order valence-electron chi connectivity index (χ3n) is 3.82. The van der Waals surface area contributed by atoms with Gasteiger partial charge in [0.15, 0.2) is 0 Å². The van der Waals surface area contributed by atoms with Gasteiger partial charge in [0.25, 0.3) is 0 Å². The van der Waals surface area contributed by atoms with Gasteiger partial charge in [-0.25, -0.2) is 0 Å². The van der Waals surface area contributed by atoms with Crippen molar-refractivity contribution in [1.29, 1.82) is 0 Å². The Morgan fingerprint density at radius 2 is 1.41 bits per heavy atom. The maximum atomic E-state index is 9.91. The summed E-state index contributed by atoms with van der Waals surface area (Å²) in [4.78, 5) is 0. The predicted molar refractivity (Wildman–Crippen MR) is 97.2 cm³/mol. The van der Waals surface area contributed by atoms with Gasteiger partial charge in [0.1, 0.15) is 5.75 Å². The average molecular weight is 307 g/mol. The number of para-hydroxylation sites is 2. The molecule has 114 valence electrons. The van der Waals surface area contributed by atoms with Crippen LogP contribution in [-0.4, -0.2) is 34.7 Å². The molecule has 0 atom stereocenters. The van der Waals surface area contributed by atoms with Crippen LogP contribution in [0.15, 0.2) is 42.5 Å². The van der Waals surface area contributed by atoms with Crippen LogP contribution in [0.3, 0.4) is 0 Å². The van der Waals surface area contributed by atoms with E-state index in [2.05, 4.69) is 51.2 Å². The molecule has 0 fully saturated rings. The molecule has 0 bridgehead atoms. The summed E-state index contributed by atoms with van der Waals surface area (Å²) in [6, 6.07) is 14.0. The van der Waals surface area contributed by atoms with Crippen molar-refractivity contribution >= 4 is 35.2 Å².